The second-order valence-electron chi connectivity index (χ2n) is 5.39. The third-order valence-electron chi connectivity index (χ3n) is 3.60. The number of aliphatic carboxylic acids is 1. The third kappa shape index (κ3) is 5.43. The van der Waals surface area contributed by atoms with Gasteiger partial charge in [0.05, 0.1) is 12.6 Å². The van der Waals surface area contributed by atoms with E-state index >= 15 is 0 Å². The molecule has 0 aromatic carbocycles. The number of hydrogen-bond donors (Lipinski definition) is 1. The van der Waals surface area contributed by atoms with Gasteiger partial charge in [-0.25, -0.2) is 4.79 Å². The van der Waals surface area contributed by atoms with Crippen LogP contribution in [-0.4, -0.2) is 51.9 Å². The molecule has 118 valence electrons. The molecule has 0 spiro atoms. The number of carboxylic acids is 1. The normalized spacial score (nSPS) is 17.2. The van der Waals surface area contributed by atoms with Gasteiger partial charge in [-0.05, 0) is 19.3 Å². The standard InChI is InChI=1S/C14H23N3O4/c1-2-3-4-12-15-13(21-16-12)9-17-7-5-11(6-8-17)20-10-14(18)19/h11H,2-10H2,1H3,(H,18,19). The maximum Gasteiger partial charge on any atom is 0.329 e. The quantitative estimate of drug-likeness (QED) is 0.777. The summed E-state index contributed by atoms with van der Waals surface area (Å²) in [5.74, 6) is 0.528. The van der Waals surface area contributed by atoms with Gasteiger partial charge in [0.25, 0.3) is 0 Å². The zero-order valence-electron chi connectivity index (χ0n) is 12.5. The Bertz CT molecular complexity index is 441. The SMILES string of the molecule is CCCCc1noc(CN2CCC(OCC(=O)O)CC2)n1. The van der Waals surface area contributed by atoms with Crippen LogP contribution in [-0.2, 0) is 22.5 Å². The van der Waals surface area contributed by atoms with Gasteiger partial charge in [-0.1, -0.05) is 18.5 Å². The number of ether oxygens (including phenoxy) is 1. The summed E-state index contributed by atoms with van der Waals surface area (Å²) in [6.07, 6.45) is 4.78. The molecule has 1 aromatic rings. The fourth-order valence-corrected chi connectivity index (χ4v) is 2.41. The minimum Gasteiger partial charge on any atom is -0.480 e. The number of hydrogen-bond acceptors (Lipinski definition) is 6. The van der Waals surface area contributed by atoms with Crippen LogP contribution in [0.4, 0.5) is 0 Å². The van der Waals surface area contributed by atoms with Gasteiger partial charge in [0, 0.05) is 19.5 Å². The van der Waals surface area contributed by atoms with Crippen LogP contribution in [0.1, 0.15) is 44.3 Å². The summed E-state index contributed by atoms with van der Waals surface area (Å²) in [6.45, 7) is 4.30. The Kier molecular flexibility index (Phi) is 6.13. The fraction of sp³-hybridized carbons (Fsp3) is 0.786. The van der Waals surface area contributed by atoms with E-state index in [1.807, 2.05) is 0 Å². The van der Waals surface area contributed by atoms with Gasteiger partial charge < -0.3 is 14.4 Å². The Morgan fingerprint density at radius 3 is 2.90 bits per heavy atom. The van der Waals surface area contributed by atoms with Gasteiger partial charge in [0.15, 0.2) is 5.82 Å². The zero-order valence-corrected chi connectivity index (χ0v) is 12.5. The molecule has 1 saturated heterocycles. The van der Waals surface area contributed by atoms with Crippen molar-refractivity contribution in [2.75, 3.05) is 19.7 Å². The topological polar surface area (TPSA) is 88.7 Å². The molecule has 0 radical (unpaired) electrons. The second-order valence-corrected chi connectivity index (χ2v) is 5.39. The number of aromatic nitrogens is 2. The molecule has 1 N–H and O–H groups in total. The van der Waals surface area contributed by atoms with Crippen molar-refractivity contribution in [3.63, 3.8) is 0 Å². The summed E-state index contributed by atoms with van der Waals surface area (Å²) in [6, 6.07) is 0. The first-order valence-electron chi connectivity index (χ1n) is 7.54. The average molecular weight is 297 g/mol. The molecule has 1 fully saturated rings. The molecule has 7 heteroatoms. The number of carboxylic acid groups (broad SMARTS) is 1. The molecule has 0 aliphatic carbocycles. The highest BCUT2D eigenvalue weighted by molar-refractivity contribution is 5.68. The minimum atomic E-state index is -0.914. The summed E-state index contributed by atoms with van der Waals surface area (Å²) in [7, 11) is 0. The first kappa shape index (κ1) is 15.9. The van der Waals surface area contributed by atoms with Crippen LogP contribution in [0.25, 0.3) is 0 Å². The van der Waals surface area contributed by atoms with Crippen LogP contribution < -0.4 is 0 Å². The second kappa shape index (κ2) is 8.09. The Morgan fingerprint density at radius 2 is 2.24 bits per heavy atom. The number of rotatable bonds is 8. The molecular weight excluding hydrogens is 274 g/mol. The van der Waals surface area contributed by atoms with Gasteiger partial charge in [-0.3, -0.25) is 4.90 Å². The van der Waals surface area contributed by atoms with Crippen molar-refractivity contribution in [1.29, 1.82) is 0 Å². The molecule has 1 aromatic heterocycles. The van der Waals surface area contributed by atoms with E-state index in [0.29, 0.717) is 12.4 Å². The molecule has 0 amide bonds. The molecule has 0 atom stereocenters. The van der Waals surface area contributed by atoms with Crippen LogP contribution in [0.5, 0.6) is 0 Å². The van der Waals surface area contributed by atoms with E-state index in [1.165, 1.54) is 0 Å². The number of nitrogens with zero attached hydrogens (tertiary/aromatic N) is 3. The fourth-order valence-electron chi connectivity index (χ4n) is 2.41. The molecular formula is C14H23N3O4. The van der Waals surface area contributed by atoms with Gasteiger partial charge >= 0.3 is 5.97 Å². The van der Waals surface area contributed by atoms with Gasteiger partial charge in [0.2, 0.25) is 5.89 Å². The van der Waals surface area contributed by atoms with E-state index in [-0.39, 0.29) is 12.7 Å². The largest absolute Gasteiger partial charge is 0.480 e. The monoisotopic (exact) mass is 297 g/mol. The lowest BCUT2D eigenvalue weighted by atomic mass is 10.1. The number of aryl methyl sites for hydroxylation is 1. The van der Waals surface area contributed by atoms with Gasteiger partial charge in [0.1, 0.15) is 6.61 Å². The van der Waals surface area contributed by atoms with E-state index in [2.05, 4.69) is 22.0 Å². The highest BCUT2D eigenvalue weighted by atomic mass is 16.5. The number of carbonyl (C=O) groups is 1. The van der Waals surface area contributed by atoms with E-state index in [9.17, 15) is 4.79 Å². The van der Waals surface area contributed by atoms with E-state index in [4.69, 9.17) is 14.4 Å². The summed E-state index contributed by atoms with van der Waals surface area (Å²) in [4.78, 5) is 17.1. The van der Waals surface area contributed by atoms with Crippen LogP contribution in [0.2, 0.25) is 0 Å². The molecule has 1 aliphatic rings. The molecule has 21 heavy (non-hydrogen) atoms. The Labute approximate surface area is 124 Å². The smallest absolute Gasteiger partial charge is 0.329 e. The maximum absolute atomic E-state index is 10.5. The number of piperidine rings is 1. The molecule has 2 rings (SSSR count). The molecule has 0 saturated carbocycles. The van der Waals surface area contributed by atoms with Crippen molar-refractivity contribution >= 4 is 5.97 Å². The number of unbranched alkanes of at least 4 members (excludes halogenated alkanes) is 1. The Hall–Kier alpha value is -1.47. The van der Waals surface area contributed by atoms with E-state index in [0.717, 1.165) is 51.0 Å². The van der Waals surface area contributed by atoms with Crippen molar-refractivity contribution < 1.29 is 19.2 Å². The van der Waals surface area contributed by atoms with Crippen LogP contribution in [0.3, 0.4) is 0 Å². The first-order valence-corrected chi connectivity index (χ1v) is 7.54. The Balaban J connectivity index is 1.70. The summed E-state index contributed by atoms with van der Waals surface area (Å²) in [5, 5.41) is 12.6. The minimum absolute atomic E-state index is 0.0418. The van der Waals surface area contributed by atoms with Crippen molar-refractivity contribution in [2.24, 2.45) is 0 Å². The lowest BCUT2D eigenvalue weighted by Crippen LogP contribution is -2.37. The molecule has 0 bridgehead atoms. The maximum atomic E-state index is 10.5. The molecule has 2 heterocycles. The summed E-state index contributed by atoms with van der Waals surface area (Å²) in [5.41, 5.74) is 0. The predicted molar refractivity (Wildman–Crippen MR) is 74.8 cm³/mol. The zero-order chi connectivity index (χ0) is 15.1. The van der Waals surface area contributed by atoms with Crippen molar-refractivity contribution in [2.45, 2.75) is 51.7 Å². The lowest BCUT2D eigenvalue weighted by Gasteiger charge is -2.30. The Morgan fingerprint density at radius 1 is 1.48 bits per heavy atom. The average Bonchev–Trinajstić information content (AvgIpc) is 2.92. The summed E-state index contributed by atoms with van der Waals surface area (Å²) >= 11 is 0. The van der Waals surface area contributed by atoms with E-state index < -0.39 is 5.97 Å². The van der Waals surface area contributed by atoms with Gasteiger partial charge in [-0.2, -0.15) is 4.98 Å². The predicted octanol–water partition coefficient (Wildman–Crippen LogP) is 1.48. The molecule has 7 nitrogen and oxygen atoms in total. The van der Waals surface area contributed by atoms with Gasteiger partial charge in [-0.15, -0.1) is 0 Å². The first-order chi connectivity index (χ1) is 10.2. The van der Waals surface area contributed by atoms with E-state index in [1.54, 1.807) is 0 Å². The van der Waals surface area contributed by atoms with Crippen molar-refractivity contribution in [3.05, 3.63) is 11.7 Å². The number of likely N-dealkylation sites (tertiary alicyclic amines) is 1. The van der Waals surface area contributed by atoms with Crippen molar-refractivity contribution in [1.82, 2.24) is 15.0 Å². The lowest BCUT2D eigenvalue weighted by molar-refractivity contribution is -0.145. The molecule has 1 aliphatic heterocycles. The highest BCUT2D eigenvalue weighted by Gasteiger charge is 2.22. The van der Waals surface area contributed by atoms with Crippen molar-refractivity contribution in [3.8, 4) is 0 Å². The molecule has 0 unspecified atom stereocenters. The highest BCUT2D eigenvalue weighted by Crippen LogP contribution is 2.16. The van der Waals surface area contributed by atoms with Crippen LogP contribution in [0, 0.1) is 0 Å². The van der Waals surface area contributed by atoms with Crippen LogP contribution >= 0.6 is 0 Å². The summed E-state index contributed by atoms with van der Waals surface area (Å²) < 4.78 is 10.6. The third-order valence-corrected chi connectivity index (χ3v) is 3.60. The van der Waals surface area contributed by atoms with Crippen LogP contribution in [0.15, 0.2) is 4.52 Å².